The summed E-state index contributed by atoms with van der Waals surface area (Å²) in [5, 5.41) is 3.14. The fourth-order valence-electron chi connectivity index (χ4n) is 3.77. The number of hydrogen-bond acceptors (Lipinski definition) is 5. The fraction of sp³-hybridized carbons (Fsp3) is 0.333. The van der Waals surface area contributed by atoms with E-state index in [2.05, 4.69) is 5.32 Å². The molecule has 0 saturated heterocycles. The van der Waals surface area contributed by atoms with Crippen LogP contribution < -0.4 is 5.32 Å². The maximum absolute atomic E-state index is 13.0. The highest BCUT2D eigenvalue weighted by molar-refractivity contribution is 7.17. The number of benzene rings is 1. The molecule has 0 spiro atoms. The van der Waals surface area contributed by atoms with Gasteiger partial charge in [-0.3, -0.25) is 4.79 Å². The summed E-state index contributed by atoms with van der Waals surface area (Å²) in [4.78, 5) is 26.7. The van der Waals surface area contributed by atoms with Gasteiger partial charge < -0.3 is 14.5 Å². The fourth-order valence-corrected chi connectivity index (χ4v) is 5.04. The summed E-state index contributed by atoms with van der Waals surface area (Å²) in [5.41, 5.74) is 0.689. The Hall–Kier alpha value is -3.07. The van der Waals surface area contributed by atoms with Gasteiger partial charge in [-0.25, -0.2) is 4.79 Å². The summed E-state index contributed by atoms with van der Waals surface area (Å²) in [7, 11) is 0. The minimum absolute atomic E-state index is 0.0723. The monoisotopic (exact) mass is 477 g/mol. The van der Waals surface area contributed by atoms with Gasteiger partial charge in [-0.1, -0.05) is 12.1 Å². The van der Waals surface area contributed by atoms with Crippen molar-refractivity contribution in [3.63, 3.8) is 0 Å². The molecule has 0 fully saturated rings. The molecular formula is C24H22F3NO4S. The van der Waals surface area contributed by atoms with Crippen molar-refractivity contribution in [3.05, 3.63) is 63.7 Å². The van der Waals surface area contributed by atoms with Crippen LogP contribution in [0.25, 0.3) is 11.3 Å². The van der Waals surface area contributed by atoms with Crippen molar-refractivity contribution < 1.29 is 31.9 Å². The Balaban J connectivity index is 1.59. The maximum atomic E-state index is 13.0. The van der Waals surface area contributed by atoms with E-state index in [0.717, 1.165) is 48.3 Å². The van der Waals surface area contributed by atoms with Gasteiger partial charge in [0.05, 0.1) is 17.2 Å². The van der Waals surface area contributed by atoms with Crippen LogP contribution in [-0.2, 0) is 23.8 Å². The third-order valence-electron chi connectivity index (χ3n) is 5.25. The molecule has 0 bridgehead atoms. The van der Waals surface area contributed by atoms with Crippen LogP contribution in [0, 0.1) is 0 Å². The van der Waals surface area contributed by atoms with Crippen LogP contribution in [0.3, 0.4) is 0 Å². The molecule has 1 amide bonds. The van der Waals surface area contributed by atoms with Crippen molar-refractivity contribution in [1.29, 1.82) is 0 Å². The number of fused-ring (bicyclic) bond motifs is 1. The van der Waals surface area contributed by atoms with Crippen LogP contribution in [0.5, 0.6) is 0 Å². The molecule has 1 aliphatic carbocycles. The van der Waals surface area contributed by atoms with Crippen LogP contribution in [0.4, 0.5) is 18.2 Å². The Kier molecular flexibility index (Phi) is 6.34. The smallest absolute Gasteiger partial charge is 0.416 e. The molecule has 5 nitrogen and oxygen atoms in total. The second kappa shape index (κ2) is 9.05. The number of thiophene rings is 1. The van der Waals surface area contributed by atoms with E-state index in [1.54, 1.807) is 13.8 Å². The number of rotatable bonds is 5. The van der Waals surface area contributed by atoms with E-state index in [0.29, 0.717) is 10.6 Å². The predicted molar refractivity (Wildman–Crippen MR) is 119 cm³/mol. The average Bonchev–Trinajstić information content (AvgIpc) is 3.37. The number of anilines is 1. The van der Waals surface area contributed by atoms with Crippen LogP contribution in [-0.4, -0.2) is 18.0 Å². The first-order valence-corrected chi connectivity index (χ1v) is 11.4. The van der Waals surface area contributed by atoms with Crippen LogP contribution in [0.2, 0.25) is 0 Å². The van der Waals surface area contributed by atoms with Crippen molar-refractivity contribution in [2.75, 3.05) is 5.32 Å². The van der Waals surface area contributed by atoms with E-state index in [4.69, 9.17) is 9.15 Å². The molecule has 0 atom stereocenters. The molecule has 0 radical (unpaired) electrons. The number of ether oxygens (including phenoxy) is 1. The number of nitrogens with one attached hydrogen (secondary N) is 1. The number of halogens is 3. The topological polar surface area (TPSA) is 68.5 Å². The number of hydrogen-bond donors (Lipinski definition) is 1. The minimum atomic E-state index is -4.48. The molecule has 1 aliphatic rings. The lowest BCUT2D eigenvalue weighted by Crippen LogP contribution is -2.17. The lowest BCUT2D eigenvalue weighted by atomic mass is 9.95. The second-order valence-electron chi connectivity index (χ2n) is 8.07. The van der Waals surface area contributed by atoms with Crippen molar-refractivity contribution in [2.45, 2.75) is 51.8 Å². The van der Waals surface area contributed by atoms with E-state index in [1.165, 1.54) is 35.6 Å². The molecule has 3 aromatic rings. The van der Waals surface area contributed by atoms with Crippen molar-refractivity contribution in [2.24, 2.45) is 0 Å². The SMILES string of the molecule is CC(C)OC(=O)c1c(NC(=O)c2ccc(-c3cccc(C(F)(F)F)c3)o2)sc2c1CCCC2. The van der Waals surface area contributed by atoms with Crippen molar-refractivity contribution >= 4 is 28.2 Å². The number of alkyl halides is 3. The quantitative estimate of drug-likeness (QED) is 0.414. The molecule has 4 rings (SSSR count). The normalized spacial score (nSPS) is 13.6. The third kappa shape index (κ3) is 4.98. The largest absolute Gasteiger partial charge is 0.459 e. The predicted octanol–water partition coefficient (Wildman–Crippen LogP) is 6.72. The summed E-state index contributed by atoms with van der Waals surface area (Å²) in [6.45, 7) is 3.51. The van der Waals surface area contributed by atoms with Crippen LogP contribution >= 0.6 is 11.3 Å². The zero-order chi connectivity index (χ0) is 23.8. The number of esters is 1. The molecule has 174 valence electrons. The van der Waals surface area contributed by atoms with E-state index < -0.39 is 23.6 Å². The van der Waals surface area contributed by atoms with Gasteiger partial charge in [0.15, 0.2) is 5.76 Å². The zero-order valence-electron chi connectivity index (χ0n) is 18.0. The first kappa shape index (κ1) is 23.1. The molecule has 33 heavy (non-hydrogen) atoms. The van der Waals surface area contributed by atoms with E-state index in [9.17, 15) is 22.8 Å². The molecule has 1 aromatic carbocycles. The summed E-state index contributed by atoms with van der Waals surface area (Å²) in [5.74, 6) is -1.01. The van der Waals surface area contributed by atoms with E-state index >= 15 is 0 Å². The number of aryl methyl sites for hydroxylation is 1. The Morgan fingerprint density at radius 2 is 1.88 bits per heavy atom. The molecule has 2 aromatic heterocycles. The first-order chi connectivity index (χ1) is 15.6. The maximum Gasteiger partial charge on any atom is 0.416 e. The van der Waals surface area contributed by atoms with Crippen molar-refractivity contribution in [3.8, 4) is 11.3 Å². The zero-order valence-corrected chi connectivity index (χ0v) is 18.9. The van der Waals surface area contributed by atoms with Crippen LogP contribution in [0.15, 0.2) is 40.8 Å². The Morgan fingerprint density at radius 1 is 1.12 bits per heavy atom. The minimum Gasteiger partial charge on any atom is -0.459 e. The molecule has 0 aliphatic heterocycles. The molecule has 9 heteroatoms. The van der Waals surface area contributed by atoms with Gasteiger partial charge in [-0.15, -0.1) is 11.3 Å². The summed E-state index contributed by atoms with van der Waals surface area (Å²) in [6.07, 6.45) is -1.25. The Bertz CT molecular complexity index is 1190. The number of amides is 1. The molecule has 0 saturated carbocycles. The lowest BCUT2D eigenvalue weighted by molar-refractivity contribution is -0.137. The third-order valence-corrected chi connectivity index (χ3v) is 6.46. The van der Waals surface area contributed by atoms with Gasteiger partial charge in [-0.2, -0.15) is 13.2 Å². The van der Waals surface area contributed by atoms with Gasteiger partial charge in [0.25, 0.3) is 5.91 Å². The highest BCUT2D eigenvalue weighted by Gasteiger charge is 2.31. The number of furan rings is 1. The van der Waals surface area contributed by atoms with E-state index in [1.807, 2.05) is 0 Å². The van der Waals surface area contributed by atoms with Gasteiger partial charge in [0.2, 0.25) is 0 Å². The first-order valence-electron chi connectivity index (χ1n) is 10.6. The highest BCUT2D eigenvalue weighted by Crippen LogP contribution is 2.39. The number of carbonyl (C=O) groups excluding carboxylic acids is 2. The molecule has 2 heterocycles. The van der Waals surface area contributed by atoms with Crippen molar-refractivity contribution in [1.82, 2.24) is 0 Å². The van der Waals surface area contributed by atoms with Gasteiger partial charge in [-0.05, 0) is 69.4 Å². The van der Waals surface area contributed by atoms with Gasteiger partial charge in [0.1, 0.15) is 10.8 Å². The second-order valence-corrected chi connectivity index (χ2v) is 9.17. The van der Waals surface area contributed by atoms with Gasteiger partial charge >= 0.3 is 12.1 Å². The summed E-state index contributed by atoms with van der Waals surface area (Å²) < 4.78 is 50.0. The number of carbonyl (C=O) groups is 2. The van der Waals surface area contributed by atoms with E-state index in [-0.39, 0.29) is 23.2 Å². The Morgan fingerprint density at radius 3 is 2.61 bits per heavy atom. The molecule has 1 N–H and O–H groups in total. The molecule has 0 unspecified atom stereocenters. The summed E-state index contributed by atoms with van der Waals surface area (Å²) in [6, 6.07) is 7.53. The Labute approximate surface area is 192 Å². The highest BCUT2D eigenvalue weighted by atomic mass is 32.1. The lowest BCUT2D eigenvalue weighted by Gasteiger charge is -2.14. The molecular weight excluding hydrogens is 455 g/mol. The standard InChI is InChI=1S/C24H22F3NO4S/c1-13(2)31-23(30)20-16-8-3-4-9-19(16)33-22(20)28-21(29)18-11-10-17(32-18)14-6-5-7-15(12-14)24(25,26)27/h5-7,10-13H,3-4,8-9H2,1-2H3,(H,28,29). The summed E-state index contributed by atoms with van der Waals surface area (Å²) >= 11 is 1.35. The van der Waals surface area contributed by atoms with Crippen LogP contribution in [0.1, 0.15) is 63.6 Å². The average molecular weight is 478 g/mol. The van der Waals surface area contributed by atoms with Gasteiger partial charge in [0, 0.05) is 10.4 Å².